The van der Waals surface area contributed by atoms with E-state index < -0.39 is 11.2 Å². The standard InChI is InChI=1S/C29H32FN5O3/c1-2-3-15-34-26(33-14-6-11-25(31)20-33)18-27(36)35(29(34)38)19-22-8-4-9-23(16-22)28(37)32-13-12-21-7-5-10-24(30)17-21/h4-5,7-10,16-18,25H,6,11-15,19-20,31H2,1H3,(H,32,37)/t25-/m1/s1. The van der Waals surface area contributed by atoms with Gasteiger partial charge in [-0.05, 0) is 61.6 Å². The second-order valence-electron chi connectivity index (χ2n) is 9.41. The van der Waals surface area contributed by atoms with Gasteiger partial charge >= 0.3 is 5.69 Å². The van der Waals surface area contributed by atoms with Crippen LogP contribution in [0.3, 0.4) is 0 Å². The number of anilines is 1. The van der Waals surface area contributed by atoms with E-state index >= 15 is 0 Å². The summed E-state index contributed by atoms with van der Waals surface area (Å²) in [5.74, 6) is 5.67. The molecule has 1 aromatic heterocycles. The van der Waals surface area contributed by atoms with Crippen molar-refractivity contribution in [2.45, 2.75) is 45.3 Å². The predicted molar refractivity (Wildman–Crippen MR) is 146 cm³/mol. The number of nitrogens with two attached hydrogens (primary N) is 1. The van der Waals surface area contributed by atoms with E-state index in [1.807, 2.05) is 4.90 Å². The minimum atomic E-state index is -0.459. The van der Waals surface area contributed by atoms with E-state index in [4.69, 9.17) is 5.73 Å². The van der Waals surface area contributed by atoms with E-state index in [1.54, 1.807) is 43.3 Å². The van der Waals surface area contributed by atoms with Gasteiger partial charge in [-0.25, -0.2) is 9.18 Å². The van der Waals surface area contributed by atoms with Crippen LogP contribution in [0.25, 0.3) is 0 Å². The Morgan fingerprint density at radius 3 is 2.66 bits per heavy atom. The number of hydrogen-bond donors (Lipinski definition) is 2. The third-order valence-corrected chi connectivity index (χ3v) is 6.57. The molecule has 9 heteroatoms. The van der Waals surface area contributed by atoms with Gasteiger partial charge in [0.05, 0.1) is 13.1 Å². The monoisotopic (exact) mass is 517 g/mol. The zero-order valence-corrected chi connectivity index (χ0v) is 21.5. The number of nitrogens with zero attached hydrogens (tertiary/aromatic N) is 3. The number of hydrogen-bond acceptors (Lipinski definition) is 5. The molecule has 0 aliphatic carbocycles. The number of piperidine rings is 1. The maximum absolute atomic E-state index is 13.5. The summed E-state index contributed by atoms with van der Waals surface area (Å²) < 4.78 is 16.0. The van der Waals surface area contributed by atoms with Crippen molar-refractivity contribution in [3.63, 3.8) is 0 Å². The summed E-state index contributed by atoms with van der Waals surface area (Å²) in [5.41, 5.74) is 7.10. The second kappa shape index (κ2) is 12.4. The molecular weight excluding hydrogens is 485 g/mol. The van der Waals surface area contributed by atoms with Gasteiger partial charge < -0.3 is 16.0 Å². The zero-order chi connectivity index (χ0) is 27.1. The molecule has 2 heterocycles. The lowest BCUT2D eigenvalue weighted by molar-refractivity contribution is 0.0954. The van der Waals surface area contributed by atoms with E-state index in [0.29, 0.717) is 43.0 Å². The number of amides is 1. The van der Waals surface area contributed by atoms with Crippen LogP contribution in [0.15, 0.2) is 64.2 Å². The van der Waals surface area contributed by atoms with Crippen LogP contribution in [0.1, 0.15) is 41.3 Å². The Morgan fingerprint density at radius 2 is 1.89 bits per heavy atom. The van der Waals surface area contributed by atoms with Crippen molar-refractivity contribution in [3.8, 4) is 11.8 Å². The number of aromatic nitrogens is 2. The van der Waals surface area contributed by atoms with Crippen molar-refractivity contribution < 1.29 is 9.18 Å². The minimum absolute atomic E-state index is 0.0153. The smallest absolute Gasteiger partial charge is 0.333 e. The Morgan fingerprint density at radius 1 is 1.11 bits per heavy atom. The van der Waals surface area contributed by atoms with E-state index in [1.165, 1.54) is 22.8 Å². The first-order valence-electron chi connectivity index (χ1n) is 12.7. The van der Waals surface area contributed by atoms with Crippen LogP contribution in [0.4, 0.5) is 10.2 Å². The molecule has 0 spiro atoms. The number of rotatable bonds is 8. The highest BCUT2D eigenvalue weighted by Crippen LogP contribution is 2.17. The van der Waals surface area contributed by atoms with Gasteiger partial charge in [-0.1, -0.05) is 30.2 Å². The molecule has 1 saturated heterocycles. The summed E-state index contributed by atoms with van der Waals surface area (Å²) in [4.78, 5) is 41.2. The molecule has 0 unspecified atom stereocenters. The number of carbonyl (C=O) groups is 1. The summed E-state index contributed by atoms with van der Waals surface area (Å²) in [6, 6.07) is 14.5. The Bertz CT molecular complexity index is 1480. The van der Waals surface area contributed by atoms with Crippen LogP contribution in [0.2, 0.25) is 0 Å². The molecule has 38 heavy (non-hydrogen) atoms. The highest BCUT2D eigenvalue weighted by atomic mass is 19.1. The van der Waals surface area contributed by atoms with Crippen molar-refractivity contribution >= 4 is 11.7 Å². The molecule has 1 fully saturated rings. The van der Waals surface area contributed by atoms with Crippen LogP contribution >= 0.6 is 0 Å². The van der Waals surface area contributed by atoms with Crippen LogP contribution in [0, 0.1) is 17.7 Å². The first-order valence-corrected chi connectivity index (χ1v) is 12.7. The summed E-state index contributed by atoms with van der Waals surface area (Å²) in [6.45, 7) is 3.50. The fraction of sp³-hybridized carbons (Fsp3) is 0.345. The highest BCUT2D eigenvalue weighted by molar-refractivity contribution is 5.94. The Labute approximate surface area is 220 Å². The summed E-state index contributed by atoms with van der Waals surface area (Å²) in [5, 5.41) is 2.83. The van der Waals surface area contributed by atoms with Gasteiger partial charge in [0.25, 0.3) is 11.5 Å². The van der Waals surface area contributed by atoms with E-state index in [9.17, 15) is 18.8 Å². The molecule has 1 aliphatic heterocycles. The average Bonchev–Trinajstić information content (AvgIpc) is 2.90. The molecule has 8 nitrogen and oxygen atoms in total. The molecule has 1 atom stereocenters. The molecule has 1 aliphatic rings. The largest absolute Gasteiger partial charge is 0.356 e. The molecule has 0 bridgehead atoms. The maximum atomic E-state index is 13.5. The molecular formula is C29H32FN5O3. The highest BCUT2D eigenvalue weighted by Gasteiger charge is 2.22. The van der Waals surface area contributed by atoms with Gasteiger partial charge in [-0.15, -0.1) is 5.92 Å². The zero-order valence-electron chi connectivity index (χ0n) is 21.5. The number of nitrogens with one attached hydrogen (secondary N) is 1. The van der Waals surface area contributed by atoms with Crippen molar-refractivity contribution in [2.75, 3.05) is 24.5 Å². The lowest BCUT2D eigenvalue weighted by atomic mass is 10.1. The first-order chi connectivity index (χ1) is 18.4. The lowest BCUT2D eigenvalue weighted by Crippen LogP contribution is -2.48. The predicted octanol–water partition coefficient (Wildman–Crippen LogP) is 2.12. The molecule has 3 aromatic rings. The second-order valence-corrected chi connectivity index (χ2v) is 9.41. The molecule has 0 saturated carbocycles. The van der Waals surface area contributed by atoms with E-state index in [0.717, 1.165) is 23.0 Å². The molecule has 4 rings (SSSR count). The Balaban J connectivity index is 1.53. The van der Waals surface area contributed by atoms with Crippen LogP contribution in [-0.2, 0) is 19.5 Å². The third-order valence-electron chi connectivity index (χ3n) is 6.57. The fourth-order valence-electron chi connectivity index (χ4n) is 4.65. The molecule has 2 aromatic carbocycles. The minimum Gasteiger partial charge on any atom is -0.356 e. The van der Waals surface area contributed by atoms with Gasteiger partial charge in [0, 0.05) is 37.3 Å². The molecule has 3 N–H and O–H groups in total. The number of halogens is 1. The Hall–Kier alpha value is -4.16. The molecule has 1 amide bonds. The van der Waals surface area contributed by atoms with E-state index in [-0.39, 0.29) is 30.9 Å². The van der Waals surface area contributed by atoms with Gasteiger partial charge in [0.1, 0.15) is 11.6 Å². The fourth-order valence-corrected chi connectivity index (χ4v) is 4.65. The van der Waals surface area contributed by atoms with Crippen molar-refractivity contribution in [3.05, 3.63) is 97.9 Å². The van der Waals surface area contributed by atoms with E-state index in [2.05, 4.69) is 17.2 Å². The van der Waals surface area contributed by atoms with Gasteiger partial charge in [0.2, 0.25) is 0 Å². The summed E-state index contributed by atoms with van der Waals surface area (Å²) in [7, 11) is 0. The van der Waals surface area contributed by atoms with Gasteiger partial charge in [0.15, 0.2) is 0 Å². The third kappa shape index (κ3) is 6.58. The lowest BCUT2D eigenvalue weighted by Gasteiger charge is -2.33. The number of benzene rings is 2. The Kier molecular flexibility index (Phi) is 8.77. The van der Waals surface area contributed by atoms with Crippen LogP contribution in [0.5, 0.6) is 0 Å². The number of carbonyl (C=O) groups excluding carboxylic acids is 1. The summed E-state index contributed by atoms with van der Waals surface area (Å²) in [6.07, 6.45) is 2.28. The molecule has 0 radical (unpaired) electrons. The summed E-state index contributed by atoms with van der Waals surface area (Å²) >= 11 is 0. The van der Waals surface area contributed by atoms with Crippen LogP contribution in [-0.4, -0.2) is 40.7 Å². The van der Waals surface area contributed by atoms with Gasteiger partial charge in [-0.2, -0.15) is 0 Å². The molecule has 198 valence electrons. The van der Waals surface area contributed by atoms with Gasteiger partial charge in [-0.3, -0.25) is 18.7 Å². The SMILES string of the molecule is CC#CCn1c(N2CCC[C@@H](N)C2)cc(=O)n(Cc2cccc(C(=O)NCCc3cccc(F)c3)c2)c1=O. The van der Waals surface area contributed by atoms with Crippen LogP contribution < -0.4 is 27.2 Å². The average molecular weight is 518 g/mol. The normalized spacial score (nSPS) is 15.0. The topological polar surface area (TPSA) is 102 Å². The quantitative estimate of drug-likeness (QED) is 0.446. The van der Waals surface area contributed by atoms with Crippen molar-refractivity contribution in [1.29, 1.82) is 0 Å². The van der Waals surface area contributed by atoms with Crippen molar-refractivity contribution in [1.82, 2.24) is 14.5 Å². The maximum Gasteiger partial charge on any atom is 0.333 e. The van der Waals surface area contributed by atoms with Crippen molar-refractivity contribution in [2.24, 2.45) is 5.73 Å². The first kappa shape index (κ1) is 26.9.